The van der Waals surface area contributed by atoms with E-state index in [0.717, 1.165) is 6.42 Å². The third kappa shape index (κ3) is 5.28. The molecular weight excluding hydrogens is 711 g/mol. The van der Waals surface area contributed by atoms with Gasteiger partial charge in [-0.2, -0.15) is 0 Å². The van der Waals surface area contributed by atoms with Gasteiger partial charge in [-0.1, -0.05) is 170 Å². The van der Waals surface area contributed by atoms with Gasteiger partial charge in [-0.25, -0.2) is 0 Å². The highest BCUT2D eigenvalue weighted by atomic mass is 15.2. The molecule has 0 bridgehead atoms. The van der Waals surface area contributed by atoms with Crippen LogP contribution in [0.5, 0.6) is 0 Å². The summed E-state index contributed by atoms with van der Waals surface area (Å²) in [4.78, 5) is 5.02. The number of allylic oxidation sites excluding steroid dienone is 4. The zero-order valence-electron chi connectivity index (χ0n) is 32.5. The zero-order chi connectivity index (χ0) is 38.9. The van der Waals surface area contributed by atoms with Crippen molar-refractivity contribution in [3.05, 3.63) is 230 Å². The van der Waals surface area contributed by atoms with Crippen LogP contribution in [0, 0.1) is 0 Å². The van der Waals surface area contributed by atoms with E-state index in [2.05, 4.69) is 228 Å². The topological polar surface area (TPSA) is 6.48 Å². The van der Waals surface area contributed by atoms with E-state index in [1.165, 1.54) is 99.9 Å². The number of fused-ring (bicyclic) bond motifs is 6. The first-order chi connectivity index (χ1) is 29.3. The van der Waals surface area contributed by atoms with Gasteiger partial charge in [0.2, 0.25) is 0 Å². The summed E-state index contributed by atoms with van der Waals surface area (Å²) in [6, 6.07) is 73.9. The number of hydrogen-bond acceptors (Lipinski definition) is 2. The Labute approximate surface area is 345 Å². The molecule has 9 aromatic carbocycles. The molecule has 0 radical (unpaired) electrons. The Hall–Kier alpha value is -7.36. The number of benzene rings is 9. The Balaban J connectivity index is 1.08. The minimum atomic E-state index is 0.0968. The van der Waals surface area contributed by atoms with Gasteiger partial charge in [0, 0.05) is 40.0 Å². The molecule has 12 rings (SSSR count). The first-order valence-corrected chi connectivity index (χ1v) is 20.7. The molecule has 0 N–H and O–H groups in total. The molecule has 2 aliphatic heterocycles. The highest BCUT2D eigenvalue weighted by molar-refractivity contribution is 7.00. The van der Waals surface area contributed by atoms with Crippen LogP contribution in [0.3, 0.4) is 0 Å². The molecule has 1 aliphatic carbocycles. The summed E-state index contributed by atoms with van der Waals surface area (Å²) in [6.45, 7) is 0.0968. The van der Waals surface area contributed by atoms with Gasteiger partial charge in [0.25, 0.3) is 6.71 Å². The Bertz CT molecular complexity index is 2980. The molecule has 276 valence electrons. The zero-order valence-corrected chi connectivity index (χ0v) is 32.5. The molecule has 59 heavy (non-hydrogen) atoms. The normalized spacial score (nSPS) is 15.2. The maximum Gasteiger partial charge on any atom is 0.252 e. The molecule has 1 atom stereocenters. The van der Waals surface area contributed by atoms with Gasteiger partial charge < -0.3 is 9.80 Å². The summed E-state index contributed by atoms with van der Waals surface area (Å²) in [5.41, 5.74) is 17.9. The molecule has 1 unspecified atom stereocenters. The summed E-state index contributed by atoms with van der Waals surface area (Å²) >= 11 is 0. The fourth-order valence-electron chi connectivity index (χ4n) is 10.3. The van der Waals surface area contributed by atoms with Crippen molar-refractivity contribution in [2.24, 2.45) is 0 Å². The van der Waals surface area contributed by atoms with Crippen molar-refractivity contribution < 1.29 is 0 Å². The number of rotatable bonds is 5. The van der Waals surface area contributed by atoms with Gasteiger partial charge in [-0.3, -0.25) is 0 Å². The lowest BCUT2D eigenvalue weighted by molar-refractivity contribution is 0.868. The first kappa shape index (κ1) is 33.8. The van der Waals surface area contributed by atoms with Crippen LogP contribution in [-0.2, 0) is 0 Å². The van der Waals surface area contributed by atoms with E-state index >= 15 is 0 Å². The molecule has 0 spiro atoms. The van der Waals surface area contributed by atoms with Gasteiger partial charge in [0.15, 0.2) is 0 Å². The molecule has 0 amide bonds. The van der Waals surface area contributed by atoms with E-state index in [0.29, 0.717) is 0 Å². The smallest absolute Gasteiger partial charge is 0.252 e. The van der Waals surface area contributed by atoms with Gasteiger partial charge in [0.1, 0.15) is 0 Å². The van der Waals surface area contributed by atoms with Crippen LogP contribution < -0.4 is 26.2 Å². The average Bonchev–Trinajstić information content (AvgIpc) is 3.31. The summed E-state index contributed by atoms with van der Waals surface area (Å²) in [7, 11) is 0. The highest BCUT2D eigenvalue weighted by Gasteiger charge is 2.43. The minimum Gasteiger partial charge on any atom is -0.311 e. The maximum atomic E-state index is 2.51. The van der Waals surface area contributed by atoms with Gasteiger partial charge in [0.05, 0.1) is 0 Å². The van der Waals surface area contributed by atoms with Crippen LogP contribution in [0.4, 0.5) is 34.1 Å². The Morgan fingerprint density at radius 1 is 0.424 bits per heavy atom. The van der Waals surface area contributed by atoms with Crippen molar-refractivity contribution in [2.45, 2.75) is 12.3 Å². The van der Waals surface area contributed by atoms with Crippen LogP contribution >= 0.6 is 0 Å². The van der Waals surface area contributed by atoms with Gasteiger partial charge >= 0.3 is 0 Å². The molecular formula is C56H39BN2. The van der Waals surface area contributed by atoms with Crippen molar-refractivity contribution in [2.75, 3.05) is 9.80 Å². The molecule has 0 fully saturated rings. The lowest BCUT2D eigenvalue weighted by atomic mass is 9.33. The largest absolute Gasteiger partial charge is 0.311 e. The van der Waals surface area contributed by atoms with Crippen molar-refractivity contribution >= 4 is 84.3 Å². The van der Waals surface area contributed by atoms with Crippen LogP contribution in [0.2, 0.25) is 0 Å². The summed E-state index contributed by atoms with van der Waals surface area (Å²) in [6.07, 6.45) is 7.98. The Morgan fingerprint density at radius 3 is 1.39 bits per heavy atom. The fourth-order valence-corrected chi connectivity index (χ4v) is 10.3. The molecule has 3 aliphatic rings. The van der Waals surface area contributed by atoms with Crippen molar-refractivity contribution in [1.82, 2.24) is 0 Å². The van der Waals surface area contributed by atoms with Gasteiger partial charge in [-0.05, 0) is 121 Å². The third-order valence-corrected chi connectivity index (χ3v) is 12.8. The molecule has 2 heterocycles. The second-order valence-corrected chi connectivity index (χ2v) is 16.0. The average molecular weight is 751 g/mol. The monoisotopic (exact) mass is 750 g/mol. The Morgan fingerprint density at radius 2 is 0.864 bits per heavy atom. The lowest BCUT2D eigenvalue weighted by Crippen LogP contribution is -2.61. The van der Waals surface area contributed by atoms with E-state index in [-0.39, 0.29) is 12.6 Å². The van der Waals surface area contributed by atoms with E-state index in [4.69, 9.17) is 0 Å². The number of hydrogen-bond donors (Lipinski definition) is 0. The van der Waals surface area contributed by atoms with E-state index in [1.54, 1.807) is 0 Å². The summed E-state index contributed by atoms with van der Waals surface area (Å²) in [5.74, 6) is 0.158. The molecule has 3 heteroatoms. The number of nitrogens with zero attached hydrogens (tertiary/aromatic N) is 2. The molecule has 0 saturated carbocycles. The third-order valence-electron chi connectivity index (χ3n) is 12.8. The van der Waals surface area contributed by atoms with Crippen molar-refractivity contribution in [3.63, 3.8) is 0 Å². The van der Waals surface area contributed by atoms with Crippen LogP contribution in [0.15, 0.2) is 218 Å². The van der Waals surface area contributed by atoms with Crippen molar-refractivity contribution in [1.29, 1.82) is 0 Å². The minimum absolute atomic E-state index is 0.0968. The van der Waals surface area contributed by atoms with E-state index < -0.39 is 0 Å². The predicted octanol–water partition coefficient (Wildman–Crippen LogP) is 12.9. The van der Waals surface area contributed by atoms with Crippen LogP contribution in [0.1, 0.15) is 23.5 Å². The second kappa shape index (κ2) is 13.6. The lowest BCUT2D eigenvalue weighted by Gasteiger charge is -2.44. The van der Waals surface area contributed by atoms with Crippen molar-refractivity contribution in [3.8, 4) is 11.1 Å². The van der Waals surface area contributed by atoms with Crippen LogP contribution in [-0.4, -0.2) is 6.71 Å². The summed E-state index contributed by atoms with van der Waals surface area (Å²) in [5, 5.41) is 5.18. The van der Waals surface area contributed by atoms with Crippen LogP contribution in [0.25, 0.3) is 38.2 Å². The Kier molecular flexibility index (Phi) is 7.81. The van der Waals surface area contributed by atoms with E-state index in [1.807, 2.05) is 0 Å². The summed E-state index contributed by atoms with van der Waals surface area (Å²) < 4.78 is 0. The molecule has 9 aromatic rings. The number of para-hydroxylation sites is 4. The maximum absolute atomic E-state index is 2.51. The second-order valence-electron chi connectivity index (χ2n) is 16.0. The SMILES string of the molecule is C1=CC(c2cc3c4c(c2)N(c2ccccc2)c2ccccc2B4c2ccccc2N3c2ccccc2)CC(c2c3ccccc3c(-c3ccccc3)c3ccccc23)=C1. The fraction of sp³-hybridized carbons (Fsp3) is 0.0357. The molecule has 2 nitrogen and oxygen atoms in total. The predicted molar refractivity (Wildman–Crippen MR) is 252 cm³/mol. The van der Waals surface area contributed by atoms with Gasteiger partial charge in [-0.15, -0.1) is 0 Å². The molecule has 0 saturated heterocycles. The van der Waals surface area contributed by atoms with E-state index in [9.17, 15) is 0 Å². The molecule has 0 aromatic heterocycles. The highest BCUT2D eigenvalue weighted by Crippen LogP contribution is 2.48. The number of anilines is 6. The standard InChI is InChI=1S/C56H39BN2/c1-4-19-38(20-5-1)54-44-27-10-12-29-46(44)55(47-30-13-11-28-45(47)54)40-22-18-21-39(35-40)41-36-52-56-53(37-41)59(43-25-8-3-9-26-43)51-34-17-15-32-49(51)57(56)48-31-14-16-33-50(48)58(52)42-23-6-2-7-24-42/h1-34,36-37,39H,35H2. The first-order valence-electron chi connectivity index (χ1n) is 20.7. The quantitative estimate of drug-likeness (QED) is 0.128.